The van der Waals surface area contributed by atoms with Crippen LogP contribution in [0.3, 0.4) is 0 Å². The minimum Gasteiger partial charge on any atom is -0.504 e. The lowest BCUT2D eigenvalue weighted by atomic mass is 10.3. The number of thiophene rings is 1. The molecule has 0 radical (unpaired) electrons. The maximum Gasteiger partial charge on any atom is 0.362 e. The molecule has 0 aliphatic heterocycles. The quantitative estimate of drug-likeness (QED) is 0.369. The van der Waals surface area contributed by atoms with E-state index in [0.29, 0.717) is 16.3 Å². The average Bonchev–Trinajstić information content (AvgIpc) is 3.10. The molecule has 0 bridgehead atoms. The SMILES string of the molecule is CCOC(=O)/C(N=Nc1ccc(OC)cc1)=C(/O)c1cccs1. The molecule has 0 spiro atoms. The second kappa shape index (κ2) is 8.09. The van der Waals surface area contributed by atoms with E-state index in [0.717, 1.165) is 0 Å². The molecule has 0 saturated heterocycles. The van der Waals surface area contributed by atoms with Gasteiger partial charge in [0, 0.05) is 0 Å². The lowest BCUT2D eigenvalue weighted by molar-refractivity contribution is -0.138. The van der Waals surface area contributed by atoms with Gasteiger partial charge in [-0.25, -0.2) is 4.79 Å². The Morgan fingerprint density at radius 2 is 2.00 bits per heavy atom. The summed E-state index contributed by atoms with van der Waals surface area (Å²) in [4.78, 5) is 12.5. The number of ether oxygens (including phenoxy) is 2. The summed E-state index contributed by atoms with van der Waals surface area (Å²) < 4.78 is 9.98. The summed E-state index contributed by atoms with van der Waals surface area (Å²) in [6.07, 6.45) is 0. The van der Waals surface area contributed by atoms with E-state index in [1.54, 1.807) is 55.8 Å². The molecule has 0 fully saturated rings. The number of methoxy groups -OCH3 is 1. The molecule has 0 saturated carbocycles. The maximum atomic E-state index is 12.0. The Morgan fingerprint density at radius 1 is 1.26 bits per heavy atom. The van der Waals surface area contributed by atoms with E-state index in [-0.39, 0.29) is 18.1 Å². The molecule has 0 unspecified atom stereocenters. The fourth-order valence-corrected chi connectivity index (χ4v) is 2.34. The van der Waals surface area contributed by atoms with E-state index in [2.05, 4.69) is 10.2 Å². The van der Waals surface area contributed by atoms with Crippen LogP contribution in [0.2, 0.25) is 0 Å². The monoisotopic (exact) mass is 332 g/mol. The highest BCUT2D eigenvalue weighted by Gasteiger charge is 2.18. The highest BCUT2D eigenvalue weighted by Crippen LogP contribution is 2.25. The first-order valence-electron chi connectivity index (χ1n) is 6.85. The first-order valence-corrected chi connectivity index (χ1v) is 7.73. The Labute approximate surface area is 137 Å². The molecule has 23 heavy (non-hydrogen) atoms. The third kappa shape index (κ3) is 4.40. The van der Waals surface area contributed by atoms with E-state index >= 15 is 0 Å². The summed E-state index contributed by atoms with van der Waals surface area (Å²) in [7, 11) is 1.57. The van der Waals surface area contributed by atoms with Gasteiger partial charge in [0.25, 0.3) is 0 Å². The van der Waals surface area contributed by atoms with Gasteiger partial charge in [0.15, 0.2) is 5.76 Å². The first kappa shape index (κ1) is 16.7. The molecule has 1 heterocycles. The summed E-state index contributed by atoms with van der Waals surface area (Å²) in [5, 5.41) is 19.9. The van der Waals surface area contributed by atoms with Gasteiger partial charge in [-0.05, 0) is 42.6 Å². The zero-order valence-corrected chi connectivity index (χ0v) is 13.5. The Morgan fingerprint density at radius 3 is 2.57 bits per heavy atom. The zero-order chi connectivity index (χ0) is 16.7. The van der Waals surface area contributed by atoms with Crippen LogP contribution in [0.25, 0.3) is 5.76 Å². The summed E-state index contributed by atoms with van der Waals surface area (Å²) in [5.41, 5.74) is 0.289. The largest absolute Gasteiger partial charge is 0.504 e. The van der Waals surface area contributed by atoms with Crippen LogP contribution < -0.4 is 4.74 Å². The highest BCUT2D eigenvalue weighted by atomic mass is 32.1. The van der Waals surface area contributed by atoms with Crippen molar-refractivity contribution in [3.8, 4) is 5.75 Å². The second-order valence-electron chi connectivity index (χ2n) is 4.29. The van der Waals surface area contributed by atoms with Crippen molar-refractivity contribution >= 4 is 28.8 Å². The molecule has 1 aromatic carbocycles. The van der Waals surface area contributed by atoms with Gasteiger partial charge in [-0.3, -0.25) is 0 Å². The van der Waals surface area contributed by atoms with Crippen LogP contribution in [0.15, 0.2) is 57.7 Å². The zero-order valence-electron chi connectivity index (χ0n) is 12.7. The number of hydrogen-bond donors (Lipinski definition) is 1. The molecular weight excluding hydrogens is 316 g/mol. The smallest absolute Gasteiger partial charge is 0.362 e. The lowest BCUT2D eigenvalue weighted by Crippen LogP contribution is -2.08. The van der Waals surface area contributed by atoms with Crippen molar-refractivity contribution < 1.29 is 19.4 Å². The van der Waals surface area contributed by atoms with Crippen molar-refractivity contribution in [1.29, 1.82) is 0 Å². The summed E-state index contributed by atoms with van der Waals surface area (Å²) in [6.45, 7) is 1.86. The van der Waals surface area contributed by atoms with Crippen LogP contribution in [0, 0.1) is 0 Å². The van der Waals surface area contributed by atoms with Crippen molar-refractivity contribution in [2.75, 3.05) is 13.7 Å². The Balaban J connectivity index is 2.32. The highest BCUT2D eigenvalue weighted by molar-refractivity contribution is 7.11. The molecule has 2 rings (SSSR count). The van der Waals surface area contributed by atoms with E-state index in [9.17, 15) is 9.90 Å². The molecular formula is C16H16N2O4S. The number of carbonyl (C=O) groups is 1. The van der Waals surface area contributed by atoms with Gasteiger partial charge < -0.3 is 14.6 Å². The van der Waals surface area contributed by atoms with Crippen molar-refractivity contribution in [2.24, 2.45) is 10.2 Å². The minimum absolute atomic E-state index is 0.179. The molecule has 1 aromatic heterocycles. The maximum absolute atomic E-state index is 12.0. The first-order chi connectivity index (χ1) is 11.2. The minimum atomic E-state index is -0.726. The Bertz CT molecular complexity index is 706. The molecule has 1 N–H and O–H groups in total. The number of nitrogens with zero attached hydrogens (tertiary/aromatic N) is 2. The summed E-state index contributed by atoms with van der Waals surface area (Å²) in [5.74, 6) is -0.294. The van der Waals surface area contributed by atoms with Crippen molar-refractivity contribution in [1.82, 2.24) is 0 Å². The van der Waals surface area contributed by atoms with E-state index in [1.165, 1.54) is 11.3 Å². The molecule has 0 aliphatic carbocycles. The predicted octanol–water partition coefficient (Wildman–Crippen LogP) is 4.33. The lowest BCUT2D eigenvalue weighted by Gasteiger charge is -2.04. The number of aliphatic hydroxyl groups excluding tert-OH is 1. The third-order valence-electron chi connectivity index (χ3n) is 2.79. The molecule has 0 aliphatic rings. The number of aliphatic hydroxyl groups is 1. The van der Waals surface area contributed by atoms with Crippen LogP contribution in [0.4, 0.5) is 5.69 Å². The number of esters is 1. The summed E-state index contributed by atoms with van der Waals surface area (Å²) >= 11 is 1.29. The fourth-order valence-electron chi connectivity index (χ4n) is 1.67. The molecule has 0 amide bonds. The predicted molar refractivity (Wildman–Crippen MR) is 88.0 cm³/mol. The van der Waals surface area contributed by atoms with Gasteiger partial charge in [-0.2, -0.15) is 5.11 Å². The Kier molecular flexibility index (Phi) is 5.87. The van der Waals surface area contributed by atoms with Crippen molar-refractivity contribution in [3.63, 3.8) is 0 Å². The molecule has 2 aromatic rings. The molecule has 6 nitrogen and oxygen atoms in total. The molecule has 7 heteroatoms. The fraction of sp³-hybridized carbons (Fsp3) is 0.188. The van der Waals surface area contributed by atoms with Gasteiger partial charge in [0.1, 0.15) is 5.75 Å². The van der Waals surface area contributed by atoms with E-state index in [1.807, 2.05) is 0 Å². The van der Waals surface area contributed by atoms with E-state index in [4.69, 9.17) is 9.47 Å². The Hall–Kier alpha value is -2.67. The van der Waals surface area contributed by atoms with Crippen molar-refractivity contribution in [3.05, 3.63) is 52.4 Å². The van der Waals surface area contributed by atoms with Crippen LogP contribution in [-0.2, 0) is 9.53 Å². The second-order valence-corrected chi connectivity index (χ2v) is 5.24. The van der Waals surface area contributed by atoms with Crippen LogP contribution >= 0.6 is 11.3 Å². The standard InChI is InChI=1S/C16H16N2O4S/c1-3-22-16(20)14(15(19)13-5-4-10-23-13)18-17-11-6-8-12(21-2)9-7-11/h4-10,19H,3H2,1-2H3/b15-14-,18-17?. The normalized spacial score (nSPS) is 12.1. The number of carbonyl (C=O) groups excluding carboxylic acids is 1. The van der Waals surface area contributed by atoms with E-state index < -0.39 is 5.97 Å². The van der Waals surface area contributed by atoms with Gasteiger partial charge in [-0.15, -0.1) is 16.5 Å². The molecule has 120 valence electrons. The van der Waals surface area contributed by atoms with Gasteiger partial charge in [0.05, 0.1) is 24.3 Å². The number of azo groups is 1. The van der Waals surface area contributed by atoms with Crippen LogP contribution in [-0.4, -0.2) is 24.8 Å². The topological polar surface area (TPSA) is 80.5 Å². The van der Waals surface area contributed by atoms with Crippen molar-refractivity contribution in [2.45, 2.75) is 6.92 Å². The third-order valence-corrected chi connectivity index (χ3v) is 3.66. The van der Waals surface area contributed by atoms with Gasteiger partial charge in [0.2, 0.25) is 5.70 Å². The van der Waals surface area contributed by atoms with Gasteiger partial charge in [-0.1, -0.05) is 6.07 Å². The molecule has 0 atom stereocenters. The van der Waals surface area contributed by atoms with Gasteiger partial charge >= 0.3 is 5.97 Å². The van der Waals surface area contributed by atoms with Crippen LogP contribution in [0.1, 0.15) is 11.8 Å². The number of benzene rings is 1. The number of hydrogen-bond acceptors (Lipinski definition) is 7. The summed E-state index contributed by atoms with van der Waals surface area (Å²) in [6, 6.07) is 10.3. The number of rotatable bonds is 6. The van der Waals surface area contributed by atoms with Crippen LogP contribution in [0.5, 0.6) is 5.75 Å². The average molecular weight is 332 g/mol.